The number of nitrogens with one attached hydrogen (secondary N) is 2. The van der Waals surface area contributed by atoms with Gasteiger partial charge in [-0.15, -0.1) is 0 Å². The van der Waals surface area contributed by atoms with Crippen molar-refractivity contribution in [3.8, 4) is 0 Å². The van der Waals surface area contributed by atoms with Crippen molar-refractivity contribution < 1.29 is 18.9 Å². The number of hydrogen-bond acceptors (Lipinski definition) is 5. The molecule has 0 saturated carbocycles. The minimum absolute atomic E-state index is 0.0476. The highest BCUT2D eigenvalue weighted by molar-refractivity contribution is 8.12. The van der Waals surface area contributed by atoms with Crippen LogP contribution in [0.25, 0.3) is 0 Å². The maximum Gasteiger partial charge on any atom is 0.325 e. The lowest BCUT2D eigenvalue weighted by atomic mass is 10.2. The molecule has 1 aromatic carbocycles. The summed E-state index contributed by atoms with van der Waals surface area (Å²) in [4.78, 5) is 26.1. The smallest absolute Gasteiger partial charge is 0.325 e. The molecule has 1 rings (SSSR count). The second-order valence-electron chi connectivity index (χ2n) is 6.99. The highest BCUT2D eigenvalue weighted by Gasteiger charge is 2.31. The fourth-order valence-corrected chi connectivity index (χ4v) is 6.04. The summed E-state index contributed by atoms with van der Waals surface area (Å²) in [7, 11) is -3.13. The normalized spacial score (nSPS) is 11.7. The average molecular weight is 430 g/mol. The molecule has 0 aliphatic rings. The number of rotatable bonds is 11. The fraction of sp³-hybridized carbons (Fsp3) is 0.579. The van der Waals surface area contributed by atoms with Gasteiger partial charge in [0.1, 0.15) is 12.8 Å². The average Bonchev–Trinajstić information content (AvgIpc) is 2.58. The molecular weight excluding hydrogens is 397 g/mol. The second kappa shape index (κ2) is 12.3. The van der Waals surface area contributed by atoms with E-state index in [1.54, 1.807) is 6.92 Å². The van der Waals surface area contributed by atoms with Crippen LogP contribution in [0.15, 0.2) is 30.3 Å². The van der Waals surface area contributed by atoms with Crippen molar-refractivity contribution in [3.63, 3.8) is 0 Å². The lowest BCUT2D eigenvalue weighted by Gasteiger charge is -2.30. The maximum absolute atomic E-state index is 13.4. The van der Waals surface area contributed by atoms with E-state index in [0.29, 0.717) is 5.75 Å². The van der Waals surface area contributed by atoms with Crippen LogP contribution in [0.5, 0.6) is 0 Å². The Morgan fingerprint density at radius 2 is 1.68 bits per heavy atom. The summed E-state index contributed by atoms with van der Waals surface area (Å²) in [6, 6.07) is 9.49. The molecular formula is C19H32N3O4PS. The van der Waals surface area contributed by atoms with E-state index in [4.69, 9.17) is 4.74 Å². The lowest BCUT2D eigenvalue weighted by Crippen LogP contribution is -2.41. The van der Waals surface area contributed by atoms with Crippen LogP contribution in [0.1, 0.15) is 40.2 Å². The Labute approximate surface area is 172 Å². The molecule has 1 aromatic rings. The zero-order valence-electron chi connectivity index (χ0n) is 17.3. The molecule has 2 N–H and O–H groups in total. The van der Waals surface area contributed by atoms with E-state index in [0.717, 1.165) is 17.3 Å². The Balaban J connectivity index is 2.93. The molecule has 0 aliphatic carbocycles. The van der Waals surface area contributed by atoms with E-state index in [-0.39, 0.29) is 36.8 Å². The third-order valence-corrected chi connectivity index (χ3v) is 6.98. The number of carbonyl (C=O) groups excluding carboxylic acids is 2. The quantitative estimate of drug-likeness (QED) is 0.405. The first kappa shape index (κ1) is 24.7. The summed E-state index contributed by atoms with van der Waals surface area (Å²) >= 11 is 1.08. The van der Waals surface area contributed by atoms with Crippen LogP contribution in [-0.2, 0) is 19.8 Å². The predicted molar refractivity (Wildman–Crippen MR) is 115 cm³/mol. The largest absolute Gasteiger partial charge is 0.465 e. The molecule has 9 heteroatoms. The topological polar surface area (TPSA) is 87.7 Å². The molecule has 158 valence electrons. The summed E-state index contributed by atoms with van der Waals surface area (Å²) in [5.74, 6) is -0.0461. The molecule has 0 heterocycles. The van der Waals surface area contributed by atoms with E-state index in [1.165, 1.54) is 4.90 Å². The third-order valence-electron chi connectivity index (χ3n) is 3.39. The first-order valence-corrected chi connectivity index (χ1v) is 12.3. The lowest BCUT2D eigenvalue weighted by molar-refractivity contribution is -0.143. The van der Waals surface area contributed by atoms with Crippen molar-refractivity contribution in [2.45, 2.75) is 52.5 Å². The van der Waals surface area contributed by atoms with Crippen molar-refractivity contribution in [2.75, 3.05) is 19.4 Å². The number of hydrogen-bond donors (Lipinski definition) is 2. The molecule has 0 aliphatic heterocycles. The molecule has 0 unspecified atom stereocenters. The van der Waals surface area contributed by atoms with Gasteiger partial charge in [0.2, 0.25) is 7.44 Å². The Morgan fingerprint density at radius 1 is 1.11 bits per heavy atom. The van der Waals surface area contributed by atoms with Crippen LogP contribution >= 0.6 is 19.2 Å². The minimum atomic E-state index is -3.13. The van der Waals surface area contributed by atoms with Crippen molar-refractivity contribution >= 4 is 30.4 Å². The highest BCUT2D eigenvalue weighted by Crippen LogP contribution is 2.39. The van der Waals surface area contributed by atoms with Gasteiger partial charge in [-0.1, -0.05) is 42.1 Å². The first-order valence-electron chi connectivity index (χ1n) is 9.41. The van der Waals surface area contributed by atoms with Crippen LogP contribution in [0.4, 0.5) is 4.79 Å². The first-order chi connectivity index (χ1) is 13.1. The van der Waals surface area contributed by atoms with Gasteiger partial charge in [0.05, 0.1) is 6.61 Å². The van der Waals surface area contributed by atoms with Gasteiger partial charge in [0, 0.05) is 17.8 Å². The summed E-state index contributed by atoms with van der Waals surface area (Å²) in [6.45, 7) is 9.24. The third kappa shape index (κ3) is 9.73. The fourth-order valence-electron chi connectivity index (χ4n) is 2.54. The van der Waals surface area contributed by atoms with Crippen LogP contribution in [-0.4, -0.2) is 47.6 Å². The van der Waals surface area contributed by atoms with Gasteiger partial charge in [0.25, 0.3) is 5.24 Å². The number of thioether (sulfide) groups is 1. The minimum Gasteiger partial charge on any atom is -0.465 e. The van der Waals surface area contributed by atoms with Crippen LogP contribution in [0.3, 0.4) is 0 Å². The molecule has 7 nitrogen and oxygen atoms in total. The van der Waals surface area contributed by atoms with E-state index >= 15 is 0 Å². The molecule has 0 fully saturated rings. The molecule has 0 atom stereocenters. The van der Waals surface area contributed by atoms with Crippen molar-refractivity contribution in [3.05, 3.63) is 35.9 Å². The Bertz CT molecular complexity index is 656. The van der Waals surface area contributed by atoms with Crippen molar-refractivity contribution in [1.82, 2.24) is 15.1 Å². The van der Waals surface area contributed by atoms with Gasteiger partial charge in [-0.05, 0) is 40.2 Å². The Kier molecular flexibility index (Phi) is 10.8. The van der Waals surface area contributed by atoms with Crippen LogP contribution in [0.2, 0.25) is 0 Å². The number of amides is 1. The van der Waals surface area contributed by atoms with Gasteiger partial charge < -0.3 is 9.64 Å². The number of esters is 1. The van der Waals surface area contributed by atoms with E-state index in [9.17, 15) is 14.2 Å². The van der Waals surface area contributed by atoms with Gasteiger partial charge in [-0.3, -0.25) is 24.3 Å². The van der Waals surface area contributed by atoms with E-state index < -0.39 is 13.4 Å². The maximum atomic E-state index is 13.4. The summed E-state index contributed by atoms with van der Waals surface area (Å²) in [5.41, 5.74) is 1.00. The second-order valence-corrected chi connectivity index (χ2v) is 10.2. The Morgan fingerprint density at radius 3 is 2.18 bits per heavy atom. The molecule has 0 bridgehead atoms. The van der Waals surface area contributed by atoms with Crippen molar-refractivity contribution in [2.24, 2.45) is 0 Å². The van der Waals surface area contributed by atoms with Gasteiger partial charge in [-0.2, -0.15) is 0 Å². The zero-order valence-corrected chi connectivity index (χ0v) is 19.0. The monoisotopic (exact) mass is 429 g/mol. The van der Waals surface area contributed by atoms with E-state index in [2.05, 4.69) is 10.2 Å². The molecule has 1 amide bonds. The SMILES string of the molecule is CCOC(=O)CN(CP(=O)(NC(C)C)NC(C)C)C(=O)SCc1ccccc1. The molecule has 0 radical (unpaired) electrons. The number of benzene rings is 1. The van der Waals surface area contributed by atoms with Crippen molar-refractivity contribution in [1.29, 1.82) is 0 Å². The Hall–Kier alpha value is -1.34. The molecule has 0 saturated heterocycles. The predicted octanol–water partition coefficient (Wildman–Crippen LogP) is 4.05. The summed E-state index contributed by atoms with van der Waals surface area (Å²) in [6.07, 6.45) is -0.0944. The highest BCUT2D eigenvalue weighted by atomic mass is 32.2. The summed E-state index contributed by atoms with van der Waals surface area (Å²) < 4.78 is 18.4. The van der Waals surface area contributed by atoms with Gasteiger partial charge in [-0.25, -0.2) is 0 Å². The summed E-state index contributed by atoms with van der Waals surface area (Å²) in [5, 5.41) is 5.77. The van der Waals surface area contributed by atoms with Gasteiger partial charge >= 0.3 is 5.97 Å². The zero-order chi connectivity index (χ0) is 21.2. The standard InChI is InChI=1S/C19H32N3O4PS/c1-6-26-18(23)12-22(14-27(25,20-15(2)3)21-16(4)5)19(24)28-13-17-10-8-7-9-11-17/h7-11,15-16H,6,12-14H2,1-5H3,(H2,20,21,25). The van der Waals surface area contributed by atoms with Crippen LogP contribution in [0, 0.1) is 0 Å². The number of carbonyl (C=O) groups is 2. The number of ether oxygens (including phenoxy) is 1. The van der Waals surface area contributed by atoms with E-state index in [1.807, 2.05) is 58.0 Å². The van der Waals surface area contributed by atoms with Gasteiger partial charge in [0.15, 0.2) is 0 Å². The molecule has 28 heavy (non-hydrogen) atoms. The molecule has 0 spiro atoms. The number of nitrogens with zero attached hydrogens (tertiary/aromatic N) is 1. The molecule has 0 aromatic heterocycles. The van der Waals surface area contributed by atoms with Crippen LogP contribution < -0.4 is 10.2 Å².